The fraction of sp³-hybridized carbons (Fsp3) is 0.632. The van der Waals surface area contributed by atoms with Crippen LogP contribution in [0.4, 0.5) is 0 Å². The number of hydrogen-bond acceptors (Lipinski definition) is 1. The van der Waals surface area contributed by atoms with Gasteiger partial charge in [0.05, 0.1) is 0 Å². The quantitative estimate of drug-likeness (QED) is 0.593. The van der Waals surface area contributed by atoms with E-state index in [1.54, 1.807) is 0 Å². The van der Waals surface area contributed by atoms with Crippen LogP contribution in [0.25, 0.3) is 0 Å². The first-order valence-corrected chi connectivity index (χ1v) is 8.17. The second-order valence-corrected chi connectivity index (χ2v) is 5.96. The molecule has 20 heavy (non-hydrogen) atoms. The molecule has 0 saturated heterocycles. The first kappa shape index (κ1) is 16.9. The Morgan fingerprint density at radius 1 is 1.10 bits per heavy atom. The SMILES string of the molecule is CCC(=O)CCC(Cc1cccc(C)c1)C(CC)CC. The highest BCUT2D eigenvalue weighted by molar-refractivity contribution is 5.77. The van der Waals surface area contributed by atoms with Crippen LogP contribution in [0.5, 0.6) is 0 Å². The minimum atomic E-state index is 0.408. The molecule has 0 amide bonds. The van der Waals surface area contributed by atoms with Crippen LogP contribution in [0.2, 0.25) is 0 Å². The molecular formula is C19H30O. The molecule has 1 heteroatoms. The van der Waals surface area contributed by atoms with Gasteiger partial charge in [0.1, 0.15) is 5.78 Å². The molecule has 0 bridgehead atoms. The Hall–Kier alpha value is -1.11. The van der Waals surface area contributed by atoms with E-state index in [1.165, 1.54) is 24.0 Å². The second kappa shape index (κ2) is 8.94. The van der Waals surface area contributed by atoms with Gasteiger partial charge in [0, 0.05) is 12.8 Å². The van der Waals surface area contributed by atoms with Gasteiger partial charge in [-0.1, -0.05) is 63.4 Å². The van der Waals surface area contributed by atoms with Gasteiger partial charge in [-0.25, -0.2) is 0 Å². The lowest BCUT2D eigenvalue weighted by Crippen LogP contribution is -2.18. The smallest absolute Gasteiger partial charge is 0.132 e. The third-order valence-electron chi connectivity index (χ3n) is 4.48. The Balaban J connectivity index is 2.73. The summed E-state index contributed by atoms with van der Waals surface area (Å²) in [5.74, 6) is 1.78. The average molecular weight is 274 g/mol. The van der Waals surface area contributed by atoms with E-state index >= 15 is 0 Å². The van der Waals surface area contributed by atoms with Gasteiger partial charge in [0.25, 0.3) is 0 Å². The summed E-state index contributed by atoms with van der Waals surface area (Å²) in [6.45, 7) is 8.67. The van der Waals surface area contributed by atoms with Gasteiger partial charge in [-0.2, -0.15) is 0 Å². The molecule has 0 saturated carbocycles. The van der Waals surface area contributed by atoms with Crippen molar-refractivity contribution in [1.82, 2.24) is 0 Å². The summed E-state index contributed by atoms with van der Waals surface area (Å²) in [4.78, 5) is 11.6. The number of benzene rings is 1. The summed E-state index contributed by atoms with van der Waals surface area (Å²) < 4.78 is 0. The summed E-state index contributed by atoms with van der Waals surface area (Å²) in [7, 11) is 0. The van der Waals surface area contributed by atoms with E-state index in [4.69, 9.17) is 0 Å². The topological polar surface area (TPSA) is 17.1 Å². The zero-order chi connectivity index (χ0) is 15.0. The third kappa shape index (κ3) is 5.48. The van der Waals surface area contributed by atoms with E-state index in [2.05, 4.69) is 45.0 Å². The first-order valence-electron chi connectivity index (χ1n) is 8.17. The molecule has 0 N–H and O–H groups in total. The molecule has 1 rings (SSSR count). The Kier molecular flexibility index (Phi) is 7.58. The van der Waals surface area contributed by atoms with Gasteiger partial charge >= 0.3 is 0 Å². The molecule has 0 radical (unpaired) electrons. The lowest BCUT2D eigenvalue weighted by molar-refractivity contribution is -0.119. The Labute approximate surface area is 124 Å². The molecule has 1 aromatic rings. The van der Waals surface area contributed by atoms with Gasteiger partial charge in [0.15, 0.2) is 0 Å². The van der Waals surface area contributed by atoms with Crippen molar-refractivity contribution >= 4 is 5.78 Å². The summed E-state index contributed by atoms with van der Waals surface area (Å²) in [6, 6.07) is 8.81. The number of carbonyl (C=O) groups excluding carboxylic acids is 1. The maximum Gasteiger partial charge on any atom is 0.132 e. The fourth-order valence-electron chi connectivity index (χ4n) is 3.12. The molecule has 0 spiro atoms. The Bertz CT molecular complexity index is 404. The largest absolute Gasteiger partial charge is 0.300 e. The minimum absolute atomic E-state index is 0.408. The Morgan fingerprint density at radius 2 is 1.80 bits per heavy atom. The molecule has 1 atom stereocenters. The van der Waals surface area contributed by atoms with Crippen molar-refractivity contribution in [1.29, 1.82) is 0 Å². The average Bonchev–Trinajstić information content (AvgIpc) is 2.45. The predicted octanol–water partition coefficient (Wildman–Crippen LogP) is 5.35. The van der Waals surface area contributed by atoms with Crippen LogP contribution in [0.15, 0.2) is 24.3 Å². The van der Waals surface area contributed by atoms with Crippen molar-refractivity contribution in [3.8, 4) is 0 Å². The molecule has 0 heterocycles. The predicted molar refractivity (Wildman–Crippen MR) is 87.0 cm³/mol. The third-order valence-corrected chi connectivity index (χ3v) is 4.48. The van der Waals surface area contributed by atoms with Crippen LogP contribution in [0.3, 0.4) is 0 Å². The van der Waals surface area contributed by atoms with Crippen LogP contribution < -0.4 is 0 Å². The van der Waals surface area contributed by atoms with E-state index in [-0.39, 0.29) is 0 Å². The van der Waals surface area contributed by atoms with Gasteiger partial charge in [-0.05, 0) is 37.2 Å². The monoisotopic (exact) mass is 274 g/mol. The van der Waals surface area contributed by atoms with Crippen molar-refractivity contribution in [3.05, 3.63) is 35.4 Å². The lowest BCUT2D eigenvalue weighted by Gasteiger charge is -2.25. The van der Waals surface area contributed by atoms with E-state index in [0.29, 0.717) is 18.1 Å². The van der Waals surface area contributed by atoms with E-state index in [9.17, 15) is 4.79 Å². The van der Waals surface area contributed by atoms with E-state index in [0.717, 1.165) is 25.2 Å². The van der Waals surface area contributed by atoms with Gasteiger partial charge < -0.3 is 0 Å². The maximum absolute atomic E-state index is 11.6. The van der Waals surface area contributed by atoms with E-state index < -0.39 is 0 Å². The fourth-order valence-corrected chi connectivity index (χ4v) is 3.12. The lowest BCUT2D eigenvalue weighted by atomic mass is 9.80. The molecule has 1 aromatic carbocycles. The standard InChI is InChI=1S/C19H30O/c1-5-17(6-2)18(11-12-19(20)7-3)14-16-10-8-9-15(4)13-16/h8-10,13,17-18H,5-7,11-12,14H2,1-4H3. The number of Topliss-reactive ketones (excluding diaryl/α,β-unsaturated/α-hetero) is 1. The van der Waals surface area contributed by atoms with Crippen LogP contribution in [0.1, 0.15) is 64.0 Å². The number of ketones is 1. The van der Waals surface area contributed by atoms with E-state index in [1.807, 2.05) is 6.92 Å². The highest BCUT2D eigenvalue weighted by atomic mass is 16.1. The summed E-state index contributed by atoms with van der Waals surface area (Å²) in [6.07, 6.45) is 6.03. The molecule has 0 aromatic heterocycles. The normalized spacial score (nSPS) is 12.7. The molecule has 112 valence electrons. The number of rotatable bonds is 9. The van der Waals surface area contributed by atoms with Gasteiger partial charge in [-0.3, -0.25) is 4.79 Å². The zero-order valence-electron chi connectivity index (χ0n) is 13.6. The van der Waals surface area contributed by atoms with Crippen molar-refractivity contribution in [2.24, 2.45) is 11.8 Å². The molecule has 1 unspecified atom stereocenters. The Morgan fingerprint density at radius 3 is 2.35 bits per heavy atom. The zero-order valence-corrected chi connectivity index (χ0v) is 13.6. The minimum Gasteiger partial charge on any atom is -0.300 e. The molecule has 0 aliphatic rings. The van der Waals surface area contributed by atoms with Crippen molar-refractivity contribution < 1.29 is 4.79 Å². The van der Waals surface area contributed by atoms with Crippen molar-refractivity contribution in [2.75, 3.05) is 0 Å². The summed E-state index contributed by atoms with van der Waals surface area (Å²) in [5, 5.41) is 0. The number of aryl methyl sites for hydroxylation is 1. The van der Waals surface area contributed by atoms with Crippen molar-refractivity contribution in [2.45, 2.75) is 66.2 Å². The number of hydrogen-bond donors (Lipinski definition) is 0. The first-order chi connectivity index (χ1) is 9.60. The molecule has 0 fully saturated rings. The highest BCUT2D eigenvalue weighted by Crippen LogP contribution is 2.28. The van der Waals surface area contributed by atoms with Gasteiger partial charge in [-0.15, -0.1) is 0 Å². The molecular weight excluding hydrogens is 244 g/mol. The molecule has 1 nitrogen and oxygen atoms in total. The van der Waals surface area contributed by atoms with Crippen molar-refractivity contribution in [3.63, 3.8) is 0 Å². The van der Waals surface area contributed by atoms with Crippen LogP contribution in [0, 0.1) is 18.8 Å². The van der Waals surface area contributed by atoms with Crippen LogP contribution in [-0.4, -0.2) is 5.78 Å². The van der Waals surface area contributed by atoms with Gasteiger partial charge in [0.2, 0.25) is 0 Å². The summed E-state index contributed by atoms with van der Waals surface area (Å²) >= 11 is 0. The molecule has 0 aliphatic heterocycles. The number of carbonyl (C=O) groups is 1. The second-order valence-electron chi connectivity index (χ2n) is 5.96. The van der Waals surface area contributed by atoms with Crippen LogP contribution >= 0.6 is 0 Å². The molecule has 0 aliphatic carbocycles. The highest BCUT2D eigenvalue weighted by Gasteiger charge is 2.19. The summed E-state index contributed by atoms with van der Waals surface area (Å²) in [5.41, 5.74) is 2.75. The maximum atomic E-state index is 11.6. The van der Waals surface area contributed by atoms with Crippen LogP contribution in [-0.2, 0) is 11.2 Å².